The second-order valence-electron chi connectivity index (χ2n) is 9.69. The normalized spacial score (nSPS) is 16.6. The number of carbonyl (C=O) groups excluding carboxylic acids is 1. The van der Waals surface area contributed by atoms with Crippen molar-refractivity contribution >= 4 is 29.1 Å². The summed E-state index contributed by atoms with van der Waals surface area (Å²) in [7, 11) is 0. The highest BCUT2D eigenvalue weighted by Crippen LogP contribution is 2.44. The monoisotopic (exact) mass is 538 g/mol. The minimum absolute atomic E-state index is 0.119. The maximum absolute atomic E-state index is 13.6. The third-order valence-electron chi connectivity index (χ3n) is 7.22. The van der Waals surface area contributed by atoms with Gasteiger partial charge in [0, 0.05) is 19.1 Å². The Balaban J connectivity index is 1.37. The standard InChI is InChI=1S/C30H32Cl2N2O3/c31-26-19-25(30(35)34-17-13-24(14-18-34)33-15-7-8-16-33)27(32)29(37-21-23-11-5-2-6-12-23)28(26)36-20-22-9-3-1-4-10-22/h1-6,9-12,19,24H,7-8,13-18,20-21H2. The maximum atomic E-state index is 13.6. The van der Waals surface area contributed by atoms with Gasteiger partial charge in [0.25, 0.3) is 5.91 Å². The van der Waals surface area contributed by atoms with Crippen LogP contribution in [0.25, 0.3) is 0 Å². The Morgan fingerprint density at radius 2 is 1.32 bits per heavy atom. The van der Waals surface area contributed by atoms with Gasteiger partial charge in [-0.2, -0.15) is 0 Å². The van der Waals surface area contributed by atoms with Gasteiger partial charge < -0.3 is 19.3 Å². The summed E-state index contributed by atoms with van der Waals surface area (Å²) in [5.74, 6) is 0.519. The van der Waals surface area contributed by atoms with Crippen LogP contribution in [0.4, 0.5) is 0 Å². The number of ether oxygens (including phenoxy) is 2. The van der Waals surface area contributed by atoms with Crippen LogP contribution in [0.15, 0.2) is 66.7 Å². The molecule has 0 spiro atoms. The van der Waals surface area contributed by atoms with E-state index in [4.69, 9.17) is 32.7 Å². The predicted molar refractivity (Wildman–Crippen MR) is 148 cm³/mol. The highest BCUT2D eigenvalue weighted by molar-refractivity contribution is 6.38. The minimum atomic E-state index is -0.119. The summed E-state index contributed by atoms with van der Waals surface area (Å²) in [5, 5.41) is 0.536. The zero-order valence-electron chi connectivity index (χ0n) is 20.9. The van der Waals surface area contributed by atoms with Crippen molar-refractivity contribution in [1.29, 1.82) is 0 Å². The van der Waals surface area contributed by atoms with E-state index in [2.05, 4.69) is 4.90 Å². The van der Waals surface area contributed by atoms with Crippen LogP contribution in [0.5, 0.6) is 11.5 Å². The molecule has 2 aliphatic rings. The van der Waals surface area contributed by atoms with Gasteiger partial charge in [0.05, 0.1) is 15.6 Å². The summed E-state index contributed by atoms with van der Waals surface area (Å²) in [6, 6.07) is 21.8. The Kier molecular flexibility index (Phi) is 8.55. The van der Waals surface area contributed by atoms with Crippen LogP contribution in [0.3, 0.4) is 0 Å². The molecule has 2 saturated heterocycles. The van der Waals surface area contributed by atoms with Crippen molar-refractivity contribution < 1.29 is 14.3 Å². The van der Waals surface area contributed by atoms with E-state index < -0.39 is 0 Å². The molecule has 0 N–H and O–H groups in total. The predicted octanol–water partition coefficient (Wildman–Crippen LogP) is 6.85. The number of amides is 1. The van der Waals surface area contributed by atoms with Crippen molar-refractivity contribution in [3.63, 3.8) is 0 Å². The fourth-order valence-corrected chi connectivity index (χ4v) is 5.70. The topological polar surface area (TPSA) is 42.0 Å². The molecule has 0 atom stereocenters. The van der Waals surface area contributed by atoms with Crippen molar-refractivity contribution in [3.05, 3.63) is 93.5 Å². The van der Waals surface area contributed by atoms with Gasteiger partial charge >= 0.3 is 0 Å². The number of benzene rings is 3. The maximum Gasteiger partial charge on any atom is 0.255 e. The SMILES string of the molecule is O=C(c1cc(Cl)c(OCc2ccccc2)c(OCc2ccccc2)c1Cl)N1CCC(N2CCCC2)CC1. The molecule has 1 amide bonds. The number of likely N-dealkylation sites (tertiary alicyclic amines) is 2. The van der Waals surface area contributed by atoms with Crippen molar-refractivity contribution in [1.82, 2.24) is 9.80 Å². The number of piperidine rings is 1. The molecule has 0 aromatic heterocycles. The Bertz CT molecular complexity index is 1190. The van der Waals surface area contributed by atoms with E-state index in [1.54, 1.807) is 6.07 Å². The summed E-state index contributed by atoms with van der Waals surface area (Å²) >= 11 is 13.6. The Labute approximate surface area is 228 Å². The molecule has 2 fully saturated rings. The first kappa shape index (κ1) is 25.9. The first-order chi connectivity index (χ1) is 18.1. The van der Waals surface area contributed by atoms with Crippen LogP contribution in [-0.2, 0) is 13.2 Å². The number of hydrogen-bond acceptors (Lipinski definition) is 4. The first-order valence-corrected chi connectivity index (χ1v) is 13.7. The molecule has 37 heavy (non-hydrogen) atoms. The van der Waals surface area contributed by atoms with Gasteiger partial charge in [-0.3, -0.25) is 4.79 Å². The molecule has 0 radical (unpaired) electrons. The van der Waals surface area contributed by atoms with E-state index >= 15 is 0 Å². The summed E-state index contributed by atoms with van der Waals surface area (Å²) in [4.78, 5) is 18.0. The van der Waals surface area contributed by atoms with Gasteiger partial charge in [0.15, 0.2) is 11.5 Å². The lowest BCUT2D eigenvalue weighted by Crippen LogP contribution is -2.46. The van der Waals surface area contributed by atoms with Crippen LogP contribution in [0.1, 0.15) is 47.2 Å². The number of rotatable bonds is 8. The quantitative estimate of drug-likeness (QED) is 0.314. The average Bonchev–Trinajstić information content (AvgIpc) is 3.49. The van der Waals surface area contributed by atoms with E-state index in [0.29, 0.717) is 47.8 Å². The molecule has 0 unspecified atom stereocenters. The van der Waals surface area contributed by atoms with E-state index in [-0.39, 0.29) is 17.5 Å². The number of halogens is 2. The van der Waals surface area contributed by atoms with E-state index in [9.17, 15) is 4.79 Å². The van der Waals surface area contributed by atoms with E-state index in [0.717, 1.165) is 24.0 Å². The summed E-state index contributed by atoms with van der Waals surface area (Å²) in [5.41, 5.74) is 2.32. The zero-order chi connectivity index (χ0) is 25.6. The van der Waals surface area contributed by atoms with Crippen LogP contribution < -0.4 is 9.47 Å². The molecule has 7 heteroatoms. The van der Waals surface area contributed by atoms with Crippen molar-refractivity contribution in [2.45, 2.75) is 44.9 Å². The van der Waals surface area contributed by atoms with Gasteiger partial charge in [0.1, 0.15) is 13.2 Å². The second kappa shape index (κ2) is 12.2. The van der Waals surface area contributed by atoms with Crippen LogP contribution in [-0.4, -0.2) is 47.9 Å². The lowest BCUT2D eigenvalue weighted by atomic mass is 10.0. The lowest BCUT2D eigenvalue weighted by Gasteiger charge is -2.36. The minimum Gasteiger partial charge on any atom is -0.483 e. The van der Waals surface area contributed by atoms with Crippen molar-refractivity contribution in [2.75, 3.05) is 26.2 Å². The van der Waals surface area contributed by atoms with Crippen LogP contribution >= 0.6 is 23.2 Å². The smallest absolute Gasteiger partial charge is 0.255 e. The molecule has 0 aliphatic carbocycles. The molecule has 3 aromatic rings. The average molecular weight is 540 g/mol. The summed E-state index contributed by atoms with van der Waals surface area (Å²) in [6.07, 6.45) is 4.51. The number of nitrogens with zero attached hydrogens (tertiary/aromatic N) is 2. The third-order valence-corrected chi connectivity index (χ3v) is 7.88. The van der Waals surface area contributed by atoms with Crippen molar-refractivity contribution in [2.24, 2.45) is 0 Å². The molecule has 0 bridgehead atoms. The lowest BCUT2D eigenvalue weighted by molar-refractivity contribution is 0.0644. The molecule has 194 valence electrons. The van der Waals surface area contributed by atoms with E-state index in [1.165, 1.54) is 25.9 Å². The second-order valence-corrected chi connectivity index (χ2v) is 10.5. The molecule has 5 nitrogen and oxygen atoms in total. The molecule has 2 aliphatic heterocycles. The van der Waals surface area contributed by atoms with Crippen LogP contribution in [0, 0.1) is 0 Å². The molecular weight excluding hydrogens is 507 g/mol. The first-order valence-electron chi connectivity index (χ1n) is 13.0. The van der Waals surface area contributed by atoms with Crippen molar-refractivity contribution in [3.8, 4) is 11.5 Å². The molecule has 5 rings (SSSR count). The summed E-state index contributed by atoms with van der Waals surface area (Å²) in [6.45, 7) is 4.34. The fraction of sp³-hybridized carbons (Fsp3) is 0.367. The third kappa shape index (κ3) is 6.23. The van der Waals surface area contributed by atoms with Gasteiger partial charge in [-0.1, -0.05) is 83.9 Å². The van der Waals surface area contributed by atoms with Gasteiger partial charge in [0.2, 0.25) is 0 Å². The van der Waals surface area contributed by atoms with Gasteiger partial charge in [-0.25, -0.2) is 0 Å². The highest BCUT2D eigenvalue weighted by Gasteiger charge is 2.31. The van der Waals surface area contributed by atoms with Crippen LogP contribution in [0.2, 0.25) is 10.0 Å². The molecular formula is C30H32Cl2N2O3. The highest BCUT2D eigenvalue weighted by atomic mass is 35.5. The van der Waals surface area contributed by atoms with Gasteiger partial charge in [-0.05, 0) is 56.0 Å². The Morgan fingerprint density at radius 3 is 1.89 bits per heavy atom. The molecule has 2 heterocycles. The molecule has 0 saturated carbocycles. The largest absolute Gasteiger partial charge is 0.483 e. The number of hydrogen-bond donors (Lipinski definition) is 0. The summed E-state index contributed by atoms with van der Waals surface area (Å²) < 4.78 is 12.3. The zero-order valence-corrected chi connectivity index (χ0v) is 22.4. The molecule has 3 aromatic carbocycles. The fourth-order valence-electron chi connectivity index (χ4n) is 5.18. The van der Waals surface area contributed by atoms with E-state index in [1.807, 2.05) is 65.6 Å². The Hall–Kier alpha value is -2.73. The number of carbonyl (C=O) groups is 1. The van der Waals surface area contributed by atoms with Gasteiger partial charge in [-0.15, -0.1) is 0 Å². The Morgan fingerprint density at radius 1 is 0.784 bits per heavy atom.